The lowest BCUT2D eigenvalue weighted by atomic mass is 10.1. The van der Waals surface area contributed by atoms with Crippen LogP contribution in [0.4, 0.5) is 0 Å². The van der Waals surface area contributed by atoms with Crippen LogP contribution >= 0.6 is 34.5 Å². The molecular weight excluding hydrogens is 397 g/mol. The number of thiazole rings is 1. The average molecular weight is 412 g/mol. The normalized spacial score (nSPS) is 11.4. The molecule has 0 saturated carbocycles. The van der Waals surface area contributed by atoms with Gasteiger partial charge in [0.1, 0.15) is 16.5 Å². The smallest absolute Gasteiger partial charge is 0.136 e. The molecule has 0 radical (unpaired) electrons. The van der Waals surface area contributed by atoms with E-state index in [2.05, 4.69) is 41.6 Å². The van der Waals surface area contributed by atoms with Gasteiger partial charge in [-0.25, -0.2) is 4.98 Å². The van der Waals surface area contributed by atoms with E-state index in [-0.39, 0.29) is 0 Å². The maximum absolute atomic E-state index is 6.24. The maximum atomic E-state index is 6.24. The Morgan fingerprint density at radius 3 is 2.59 bits per heavy atom. The van der Waals surface area contributed by atoms with E-state index in [4.69, 9.17) is 27.6 Å². The number of nitrogens with zero attached hydrogens (tertiary/aromatic N) is 1. The summed E-state index contributed by atoms with van der Waals surface area (Å²) in [6.07, 6.45) is 3.85. The van der Waals surface area contributed by atoms with Crippen LogP contribution in [0, 0.1) is 6.92 Å². The van der Waals surface area contributed by atoms with Crippen molar-refractivity contribution in [1.29, 1.82) is 0 Å². The number of rotatable bonds is 4. The summed E-state index contributed by atoms with van der Waals surface area (Å²) >= 11 is 13.9. The van der Waals surface area contributed by atoms with Crippen LogP contribution in [0.15, 0.2) is 64.4 Å². The van der Waals surface area contributed by atoms with Gasteiger partial charge in [0, 0.05) is 21.5 Å². The second-order valence-electron chi connectivity index (χ2n) is 6.10. The van der Waals surface area contributed by atoms with Gasteiger partial charge in [-0.15, -0.1) is 11.3 Å². The lowest BCUT2D eigenvalue weighted by Gasteiger charge is -2.00. The fourth-order valence-electron chi connectivity index (χ4n) is 2.65. The number of hydrogen-bond acceptors (Lipinski definition) is 3. The van der Waals surface area contributed by atoms with Crippen molar-refractivity contribution in [2.24, 2.45) is 0 Å². The standard InChI is InChI=1S/C22H15Cl2NOS/c1-14-2-4-15(5-3-14)20-13-27-22(25-20)11-8-17-7-10-21(26-17)18-12-16(23)6-9-19(18)24/h2-13H,1H3/b11-8+. The van der Waals surface area contributed by atoms with Gasteiger partial charge >= 0.3 is 0 Å². The highest BCUT2D eigenvalue weighted by Crippen LogP contribution is 2.32. The van der Waals surface area contributed by atoms with Gasteiger partial charge in [-0.05, 0) is 49.4 Å². The average Bonchev–Trinajstić information content (AvgIpc) is 3.32. The third-order valence-electron chi connectivity index (χ3n) is 4.08. The molecule has 27 heavy (non-hydrogen) atoms. The minimum absolute atomic E-state index is 0.604. The quantitative estimate of drug-likeness (QED) is 0.341. The van der Waals surface area contributed by atoms with Crippen molar-refractivity contribution in [3.05, 3.63) is 86.4 Å². The van der Waals surface area contributed by atoms with Crippen LogP contribution in [0.25, 0.3) is 34.7 Å². The molecule has 4 aromatic rings. The van der Waals surface area contributed by atoms with E-state index in [9.17, 15) is 0 Å². The largest absolute Gasteiger partial charge is 0.457 e. The Kier molecular flexibility index (Phi) is 5.17. The molecule has 0 saturated heterocycles. The van der Waals surface area contributed by atoms with E-state index < -0.39 is 0 Å². The molecule has 0 aliphatic rings. The zero-order valence-corrected chi connectivity index (χ0v) is 16.8. The summed E-state index contributed by atoms with van der Waals surface area (Å²) in [6, 6.07) is 17.5. The highest BCUT2D eigenvalue weighted by molar-refractivity contribution is 7.10. The molecular formula is C22H15Cl2NOS. The van der Waals surface area contributed by atoms with E-state index in [1.807, 2.05) is 24.3 Å². The summed E-state index contributed by atoms with van der Waals surface area (Å²) in [7, 11) is 0. The fourth-order valence-corrected chi connectivity index (χ4v) is 3.75. The summed E-state index contributed by atoms with van der Waals surface area (Å²) in [5.74, 6) is 1.41. The topological polar surface area (TPSA) is 26.0 Å². The van der Waals surface area contributed by atoms with Crippen LogP contribution < -0.4 is 0 Å². The van der Waals surface area contributed by atoms with Crippen LogP contribution in [0.5, 0.6) is 0 Å². The molecule has 0 amide bonds. The number of hydrogen-bond donors (Lipinski definition) is 0. The minimum Gasteiger partial charge on any atom is -0.457 e. The molecule has 5 heteroatoms. The first kappa shape index (κ1) is 18.1. The number of halogens is 2. The van der Waals surface area contributed by atoms with Crippen molar-refractivity contribution in [2.75, 3.05) is 0 Å². The van der Waals surface area contributed by atoms with Gasteiger partial charge in [-0.1, -0.05) is 53.0 Å². The Morgan fingerprint density at radius 1 is 0.963 bits per heavy atom. The molecule has 0 bridgehead atoms. The summed E-state index contributed by atoms with van der Waals surface area (Å²) in [5, 5.41) is 4.20. The second-order valence-corrected chi connectivity index (χ2v) is 7.83. The molecule has 2 heterocycles. The predicted molar refractivity (Wildman–Crippen MR) is 115 cm³/mol. The molecule has 0 atom stereocenters. The Labute approximate surface area is 171 Å². The van der Waals surface area contributed by atoms with E-state index >= 15 is 0 Å². The van der Waals surface area contributed by atoms with Crippen molar-refractivity contribution in [3.8, 4) is 22.6 Å². The van der Waals surface area contributed by atoms with Crippen molar-refractivity contribution in [3.63, 3.8) is 0 Å². The van der Waals surface area contributed by atoms with Gasteiger partial charge in [-0.3, -0.25) is 0 Å². The van der Waals surface area contributed by atoms with E-state index in [1.165, 1.54) is 5.56 Å². The first-order chi connectivity index (χ1) is 13.1. The van der Waals surface area contributed by atoms with E-state index in [0.717, 1.165) is 27.6 Å². The SMILES string of the molecule is Cc1ccc(-c2csc(/C=C/c3ccc(-c4cc(Cl)ccc4Cl)o3)n2)cc1. The van der Waals surface area contributed by atoms with Crippen LogP contribution in [0.2, 0.25) is 10.0 Å². The molecule has 2 aromatic heterocycles. The molecule has 0 fully saturated rings. The van der Waals surface area contributed by atoms with Gasteiger partial charge in [0.05, 0.1) is 10.7 Å². The lowest BCUT2D eigenvalue weighted by Crippen LogP contribution is -1.78. The number of aromatic nitrogens is 1. The highest BCUT2D eigenvalue weighted by Gasteiger charge is 2.09. The first-order valence-electron chi connectivity index (χ1n) is 8.34. The Hall–Kier alpha value is -2.33. The summed E-state index contributed by atoms with van der Waals surface area (Å²) in [5.41, 5.74) is 4.11. The van der Waals surface area contributed by atoms with Gasteiger partial charge in [0.25, 0.3) is 0 Å². The highest BCUT2D eigenvalue weighted by atomic mass is 35.5. The Balaban J connectivity index is 1.53. The Morgan fingerprint density at radius 2 is 1.78 bits per heavy atom. The lowest BCUT2D eigenvalue weighted by molar-refractivity contribution is 0.572. The molecule has 0 spiro atoms. The van der Waals surface area contributed by atoms with Crippen molar-refractivity contribution >= 4 is 46.7 Å². The Bertz CT molecular complexity index is 1110. The van der Waals surface area contributed by atoms with Gasteiger partial charge in [0.2, 0.25) is 0 Å². The molecule has 0 N–H and O–H groups in total. The molecule has 0 unspecified atom stereocenters. The zero-order valence-electron chi connectivity index (χ0n) is 14.4. The van der Waals surface area contributed by atoms with Crippen molar-refractivity contribution < 1.29 is 4.42 Å². The van der Waals surface area contributed by atoms with E-state index in [1.54, 1.807) is 29.5 Å². The summed E-state index contributed by atoms with van der Waals surface area (Å²) < 4.78 is 5.88. The number of benzene rings is 2. The maximum Gasteiger partial charge on any atom is 0.136 e. The zero-order chi connectivity index (χ0) is 18.8. The molecule has 4 rings (SSSR count). The van der Waals surface area contributed by atoms with Crippen LogP contribution in [0.1, 0.15) is 16.3 Å². The molecule has 134 valence electrons. The molecule has 0 aliphatic heterocycles. The summed E-state index contributed by atoms with van der Waals surface area (Å²) in [4.78, 5) is 4.67. The van der Waals surface area contributed by atoms with Gasteiger partial charge in [-0.2, -0.15) is 0 Å². The van der Waals surface area contributed by atoms with Gasteiger partial charge < -0.3 is 4.42 Å². The van der Waals surface area contributed by atoms with Crippen molar-refractivity contribution in [1.82, 2.24) is 4.98 Å². The molecule has 0 aliphatic carbocycles. The fraction of sp³-hybridized carbons (Fsp3) is 0.0455. The van der Waals surface area contributed by atoms with Crippen LogP contribution in [-0.4, -0.2) is 4.98 Å². The number of aryl methyl sites for hydroxylation is 1. The molecule has 2 aromatic carbocycles. The van der Waals surface area contributed by atoms with Crippen LogP contribution in [-0.2, 0) is 0 Å². The number of furan rings is 1. The minimum atomic E-state index is 0.604. The summed E-state index contributed by atoms with van der Waals surface area (Å²) in [6.45, 7) is 2.08. The second kappa shape index (κ2) is 7.73. The first-order valence-corrected chi connectivity index (χ1v) is 9.98. The van der Waals surface area contributed by atoms with Crippen LogP contribution in [0.3, 0.4) is 0 Å². The van der Waals surface area contributed by atoms with Crippen molar-refractivity contribution in [2.45, 2.75) is 6.92 Å². The molecule has 2 nitrogen and oxygen atoms in total. The van der Waals surface area contributed by atoms with E-state index in [0.29, 0.717) is 15.8 Å². The third-order valence-corrected chi connectivity index (χ3v) is 5.45. The third kappa shape index (κ3) is 4.16. The monoisotopic (exact) mass is 411 g/mol. The van der Waals surface area contributed by atoms with Gasteiger partial charge in [0.15, 0.2) is 0 Å². The predicted octanol–water partition coefficient (Wildman–Crippen LogP) is 7.86.